The van der Waals surface area contributed by atoms with E-state index in [-0.39, 0.29) is 11.1 Å². The van der Waals surface area contributed by atoms with Gasteiger partial charge in [-0.15, -0.1) is 0 Å². The molecule has 1 aliphatic heterocycles. The van der Waals surface area contributed by atoms with Crippen LogP contribution in [0.3, 0.4) is 0 Å². The van der Waals surface area contributed by atoms with Crippen molar-refractivity contribution in [2.75, 3.05) is 0 Å². The maximum atomic E-state index is 12.2. The molecule has 0 aromatic carbocycles. The first-order valence-electron chi connectivity index (χ1n) is 8.68. The van der Waals surface area contributed by atoms with Gasteiger partial charge in [-0.25, -0.2) is 4.79 Å². The number of hydrogen-bond acceptors (Lipinski definition) is 5. The van der Waals surface area contributed by atoms with Crippen LogP contribution in [0.15, 0.2) is 27.9 Å². The number of nitriles is 1. The maximum Gasteiger partial charge on any atom is 0.330 e. The Morgan fingerprint density at radius 2 is 2.08 bits per heavy atom. The molecule has 26 heavy (non-hydrogen) atoms. The minimum atomic E-state index is -2.06. The Kier molecular flexibility index (Phi) is 5.75. The minimum Gasteiger partial charge on any atom is -0.411 e. The first-order valence-corrected chi connectivity index (χ1v) is 11.6. The fourth-order valence-corrected chi connectivity index (χ4v) is 3.95. The summed E-state index contributed by atoms with van der Waals surface area (Å²) in [6, 6.07) is 1.97. The topological polar surface area (TPSA) is 97.1 Å². The molecule has 1 N–H and O–H groups in total. The molecule has 0 aliphatic carbocycles. The largest absolute Gasteiger partial charge is 0.411 e. The third-order valence-corrected chi connectivity index (χ3v) is 9.69. The van der Waals surface area contributed by atoms with Crippen molar-refractivity contribution in [1.82, 2.24) is 9.55 Å². The average Bonchev–Trinajstić information content (AvgIpc) is 2.89. The van der Waals surface area contributed by atoms with E-state index in [4.69, 9.17) is 14.4 Å². The van der Waals surface area contributed by atoms with E-state index in [9.17, 15) is 9.59 Å². The van der Waals surface area contributed by atoms with Gasteiger partial charge < -0.3 is 9.16 Å². The molecule has 1 aliphatic rings. The number of hydrogen-bond donors (Lipinski definition) is 1. The quantitative estimate of drug-likeness (QED) is 0.642. The summed E-state index contributed by atoms with van der Waals surface area (Å²) in [7, 11) is -2.06. The van der Waals surface area contributed by atoms with Crippen molar-refractivity contribution >= 4 is 8.32 Å². The molecule has 0 bridgehead atoms. The van der Waals surface area contributed by atoms with Crippen LogP contribution in [0.25, 0.3) is 0 Å². The van der Waals surface area contributed by atoms with E-state index in [1.54, 1.807) is 13.0 Å². The summed E-state index contributed by atoms with van der Waals surface area (Å²) >= 11 is 0. The summed E-state index contributed by atoms with van der Waals surface area (Å²) in [5.41, 5.74) is -0.480. The smallest absolute Gasteiger partial charge is 0.330 e. The van der Waals surface area contributed by atoms with Crippen LogP contribution in [0, 0.1) is 18.3 Å². The Morgan fingerprint density at radius 3 is 2.65 bits per heavy atom. The number of nitrogens with zero attached hydrogens (tertiary/aromatic N) is 2. The van der Waals surface area contributed by atoms with Gasteiger partial charge in [-0.2, -0.15) is 5.26 Å². The van der Waals surface area contributed by atoms with Gasteiger partial charge in [-0.05, 0) is 31.1 Å². The Bertz CT molecular complexity index is 842. The van der Waals surface area contributed by atoms with E-state index in [0.717, 1.165) is 0 Å². The zero-order valence-electron chi connectivity index (χ0n) is 16.2. The van der Waals surface area contributed by atoms with Gasteiger partial charge in [0.05, 0.1) is 12.2 Å². The Morgan fingerprint density at radius 1 is 1.42 bits per heavy atom. The molecule has 1 aromatic heterocycles. The van der Waals surface area contributed by atoms with Gasteiger partial charge >= 0.3 is 5.69 Å². The van der Waals surface area contributed by atoms with Gasteiger partial charge in [0.1, 0.15) is 12.3 Å². The third kappa shape index (κ3) is 4.23. The lowest BCUT2D eigenvalue weighted by Gasteiger charge is -2.39. The number of allylic oxidation sites excluding steroid dienone is 1. The molecule has 0 unspecified atom stereocenters. The van der Waals surface area contributed by atoms with Crippen LogP contribution >= 0.6 is 0 Å². The molecule has 0 amide bonds. The molecule has 0 radical (unpaired) electrons. The monoisotopic (exact) mass is 377 g/mol. The molecule has 7 nitrogen and oxygen atoms in total. The maximum absolute atomic E-state index is 12.2. The average molecular weight is 378 g/mol. The number of ether oxygens (including phenoxy) is 1. The van der Waals surface area contributed by atoms with Crippen LogP contribution in [-0.4, -0.2) is 30.1 Å². The molecule has 2 rings (SSSR count). The van der Waals surface area contributed by atoms with E-state index in [0.29, 0.717) is 12.0 Å². The molecular weight excluding hydrogens is 350 g/mol. The fraction of sp³-hybridized carbons (Fsp3) is 0.611. The Labute approximate surface area is 154 Å². The standard InChI is InChI=1S/C18H27N3O4Si/c1-12-11-21(17(23)20-16(12)22)15-10-14(13(24-15)8-7-9-19)25-26(5,6)18(2,3)4/h7-8,11,13-15H,10H2,1-6H3,(H,20,22,23)/b8-7+/t13-,14+,15-/m1/s1. The number of aryl methyl sites for hydroxylation is 1. The second-order valence-electron chi connectivity index (χ2n) is 8.17. The normalized spacial score (nSPS) is 24.1. The summed E-state index contributed by atoms with van der Waals surface area (Å²) in [6.07, 6.45) is 3.78. The van der Waals surface area contributed by atoms with Crippen molar-refractivity contribution in [3.63, 3.8) is 0 Å². The van der Waals surface area contributed by atoms with Gasteiger partial charge in [0.25, 0.3) is 5.56 Å². The highest BCUT2D eigenvalue weighted by atomic mass is 28.4. The van der Waals surface area contributed by atoms with Gasteiger partial charge in [0.2, 0.25) is 0 Å². The van der Waals surface area contributed by atoms with Crippen LogP contribution in [0.1, 0.15) is 39.0 Å². The summed E-state index contributed by atoms with van der Waals surface area (Å²) < 4.78 is 13.9. The van der Waals surface area contributed by atoms with E-state index in [1.165, 1.54) is 16.8 Å². The lowest BCUT2D eigenvalue weighted by molar-refractivity contribution is 0.00637. The van der Waals surface area contributed by atoms with Crippen LogP contribution in [0.2, 0.25) is 18.1 Å². The summed E-state index contributed by atoms with van der Waals surface area (Å²) in [5.74, 6) is 0. The van der Waals surface area contributed by atoms with E-state index in [1.807, 2.05) is 6.07 Å². The Hall–Kier alpha value is -1.95. The second-order valence-corrected chi connectivity index (χ2v) is 12.9. The van der Waals surface area contributed by atoms with Crippen LogP contribution in [0.4, 0.5) is 0 Å². The highest BCUT2D eigenvalue weighted by Gasteiger charge is 2.44. The summed E-state index contributed by atoms with van der Waals surface area (Å²) in [6.45, 7) is 12.4. The third-order valence-electron chi connectivity index (χ3n) is 5.18. The van der Waals surface area contributed by atoms with Gasteiger partial charge in [0.15, 0.2) is 8.32 Å². The van der Waals surface area contributed by atoms with Crippen molar-refractivity contribution < 1.29 is 9.16 Å². The number of rotatable bonds is 4. The molecule has 142 valence electrons. The molecule has 1 fully saturated rings. The van der Waals surface area contributed by atoms with Gasteiger partial charge in [-0.3, -0.25) is 14.3 Å². The molecule has 1 aromatic rings. The second kappa shape index (κ2) is 7.35. The zero-order valence-corrected chi connectivity index (χ0v) is 17.2. The predicted octanol–water partition coefficient (Wildman–Crippen LogP) is 2.60. The number of nitrogens with one attached hydrogen (secondary N) is 1. The van der Waals surface area contributed by atoms with E-state index in [2.05, 4.69) is 38.8 Å². The Balaban J connectivity index is 2.33. The number of aromatic nitrogens is 2. The lowest BCUT2D eigenvalue weighted by atomic mass is 10.1. The fourth-order valence-electron chi connectivity index (χ4n) is 2.61. The SMILES string of the molecule is Cc1cn([C@H]2C[C@H](O[Si](C)(C)C(C)(C)C)[C@@H](/C=C/C#N)O2)c(=O)[nH]c1=O. The molecule has 2 heterocycles. The highest BCUT2D eigenvalue weighted by Crippen LogP contribution is 2.41. The van der Waals surface area contributed by atoms with Crippen molar-refractivity contribution in [1.29, 1.82) is 5.26 Å². The number of H-pyrrole nitrogens is 1. The van der Waals surface area contributed by atoms with Crippen LogP contribution < -0.4 is 11.2 Å². The highest BCUT2D eigenvalue weighted by molar-refractivity contribution is 6.74. The molecule has 1 saturated heterocycles. The molecular formula is C18H27N3O4Si. The minimum absolute atomic E-state index is 0.0278. The first kappa shape index (κ1) is 20.4. The summed E-state index contributed by atoms with van der Waals surface area (Å²) in [5, 5.41) is 8.88. The zero-order chi connectivity index (χ0) is 19.7. The van der Waals surface area contributed by atoms with Crippen molar-refractivity contribution in [2.45, 2.75) is 70.7 Å². The molecule has 8 heteroatoms. The van der Waals surface area contributed by atoms with Crippen molar-refractivity contribution in [3.8, 4) is 6.07 Å². The van der Waals surface area contributed by atoms with Crippen LogP contribution in [0.5, 0.6) is 0 Å². The summed E-state index contributed by atoms with van der Waals surface area (Å²) in [4.78, 5) is 26.1. The van der Waals surface area contributed by atoms with E-state index < -0.39 is 31.9 Å². The molecule has 0 saturated carbocycles. The van der Waals surface area contributed by atoms with Gasteiger partial charge in [-0.1, -0.05) is 20.8 Å². The van der Waals surface area contributed by atoms with Gasteiger partial charge in [0, 0.05) is 24.3 Å². The van der Waals surface area contributed by atoms with Crippen LogP contribution in [-0.2, 0) is 9.16 Å². The van der Waals surface area contributed by atoms with Crippen molar-refractivity contribution in [2.24, 2.45) is 0 Å². The van der Waals surface area contributed by atoms with Crippen molar-refractivity contribution in [3.05, 3.63) is 44.8 Å². The molecule has 3 atom stereocenters. The predicted molar refractivity (Wildman–Crippen MR) is 101 cm³/mol. The first-order chi connectivity index (χ1) is 12.0. The lowest BCUT2D eigenvalue weighted by Crippen LogP contribution is -2.45. The number of aromatic amines is 1. The van der Waals surface area contributed by atoms with E-state index >= 15 is 0 Å². The molecule has 0 spiro atoms.